The summed E-state index contributed by atoms with van der Waals surface area (Å²) in [7, 11) is 3.15. The molecule has 1 aromatic rings. The van der Waals surface area contributed by atoms with Crippen molar-refractivity contribution < 1.29 is 19.4 Å². The number of ether oxygens (including phenoxy) is 2. The number of aryl methyl sites for hydroxylation is 1. The van der Waals surface area contributed by atoms with Crippen molar-refractivity contribution in [3.63, 3.8) is 0 Å². The highest BCUT2D eigenvalue weighted by molar-refractivity contribution is 9.10. The second kappa shape index (κ2) is 5.64. The average Bonchev–Trinajstić information content (AvgIpc) is 2.89. The van der Waals surface area contributed by atoms with Crippen molar-refractivity contribution in [3.05, 3.63) is 21.7 Å². The fourth-order valence-electron chi connectivity index (χ4n) is 3.12. The van der Waals surface area contributed by atoms with Crippen LogP contribution in [0, 0.1) is 6.92 Å². The lowest BCUT2D eigenvalue weighted by Crippen LogP contribution is -2.33. The second-order valence-electron chi connectivity index (χ2n) is 5.22. The number of carbonyl (C=O) groups is 1. The summed E-state index contributed by atoms with van der Waals surface area (Å²) in [6.07, 6.45) is 3.16. The molecular formula is C15H19BrO4. The van der Waals surface area contributed by atoms with E-state index < -0.39 is 11.4 Å². The van der Waals surface area contributed by atoms with E-state index in [1.54, 1.807) is 14.2 Å². The summed E-state index contributed by atoms with van der Waals surface area (Å²) >= 11 is 3.48. The zero-order valence-corrected chi connectivity index (χ0v) is 13.5. The van der Waals surface area contributed by atoms with E-state index in [0.717, 1.165) is 24.0 Å². The van der Waals surface area contributed by atoms with Crippen molar-refractivity contribution in [3.8, 4) is 11.5 Å². The quantitative estimate of drug-likeness (QED) is 0.906. The number of benzene rings is 1. The number of methoxy groups -OCH3 is 2. The maximum Gasteiger partial charge on any atom is 0.314 e. The van der Waals surface area contributed by atoms with Crippen molar-refractivity contribution in [1.82, 2.24) is 0 Å². The monoisotopic (exact) mass is 342 g/mol. The molecule has 0 saturated heterocycles. The average molecular weight is 343 g/mol. The number of hydrogen-bond donors (Lipinski definition) is 1. The van der Waals surface area contributed by atoms with Crippen LogP contribution in [-0.2, 0) is 10.2 Å². The number of carboxylic acids is 1. The third-order valence-corrected chi connectivity index (χ3v) is 4.87. The highest BCUT2D eigenvalue weighted by Gasteiger charge is 2.45. The van der Waals surface area contributed by atoms with Gasteiger partial charge in [0.1, 0.15) is 16.0 Å². The first-order valence-corrected chi connectivity index (χ1v) is 7.42. The SMILES string of the molecule is COc1c(C)cc(C2(C(=O)O)CCCC2)c(OC)c1Br. The van der Waals surface area contributed by atoms with Gasteiger partial charge in [0, 0.05) is 5.56 Å². The van der Waals surface area contributed by atoms with Gasteiger partial charge in [-0.15, -0.1) is 0 Å². The maximum absolute atomic E-state index is 11.9. The van der Waals surface area contributed by atoms with Gasteiger partial charge in [-0.3, -0.25) is 4.79 Å². The first kappa shape index (κ1) is 15.2. The van der Waals surface area contributed by atoms with Crippen LogP contribution in [0.15, 0.2) is 10.5 Å². The minimum atomic E-state index is -0.842. The molecule has 0 spiro atoms. The van der Waals surface area contributed by atoms with Crippen molar-refractivity contribution in [2.75, 3.05) is 14.2 Å². The standard InChI is InChI=1S/C15H19BrO4/c1-9-8-10(13(20-3)11(16)12(9)19-2)15(14(17)18)6-4-5-7-15/h8H,4-7H2,1-3H3,(H,17,18). The second-order valence-corrected chi connectivity index (χ2v) is 6.01. The van der Waals surface area contributed by atoms with Crippen LogP contribution in [-0.4, -0.2) is 25.3 Å². The molecule has 1 fully saturated rings. The van der Waals surface area contributed by atoms with E-state index in [4.69, 9.17) is 9.47 Å². The lowest BCUT2D eigenvalue weighted by molar-refractivity contribution is -0.143. The summed E-state index contributed by atoms with van der Waals surface area (Å²) in [6.45, 7) is 1.91. The fraction of sp³-hybridized carbons (Fsp3) is 0.533. The Morgan fingerprint density at radius 2 is 1.80 bits per heavy atom. The molecule has 5 heteroatoms. The van der Waals surface area contributed by atoms with Gasteiger partial charge >= 0.3 is 5.97 Å². The molecule has 110 valence electrons. The lowest BCUT2D eigenvalue weighted by Gasteiger charge is -2.28. The number of hydrogen-bond acceptors (Lipinski definition) is 3. The number of aliphatic carboxylic acids is 1. The summed E-state index contributed by atoms with van der Waals surface area (Å²) in [5.74, 6) is 0.477. The Hall–Kier alpha value is -1.23. The van der Waals surface area contributed by atoms with Crippen LogP contribution in [0.5, 0.6) is 11.5 Å². The molecule has 0 aromatic heterocycles. The molecular weight excluding hydrogens is 324 g/mol. The molecule has 1 aliphatic rings. The highest BCUT2D eigenvalue weighted by atomic mass is 79.9. The van der Waals surface area contributed by atoms with E-state index in [1.807, 2.05) is 13.0 Å². The first-order chi connectivity index (χ1) is 9.47. The Morgan fingerprint density at radius 1 is 1.25 bits per heavy atom. The number of halogens is 1. The van der Waals surface area contributed by atoms with E-state index in [9.17, 15) is 9.90 Å². The van der Waals surface area contributed by atoms with Crippen LogP contribution >= 0.6 is 15.9 Å². The molecule has 0 radical (unpaired) electrons. The molecule has 1 aromatic carbocycles. The van der Waals surface area contributed by atoms with Crippen LogP contribution in [0.2, 0.25) is 0 Å². The molecule has 0 atom stereocenters. The number of carboxylic acid groups (broad SMARTS) is 1. The van der Waals surface area contributed by atoms with E-state index in [-0.39, 0.29) is 0 Å². The Labute approximate surface area is 127 Å². The van der Waals surface area contributed by atoms with Crippen LogP contribution in [0.3, 0.4) is 0 Å². The third kappa shape index (κ3) is 2.18. The van der Waals surface area contributed by atoms with Crippen molar-refractivity contribution in [2.45, 2.75) is 38.0 Å². The Kier molecular flexibility index (Phi) is 4.28. The van der Waals surface area contributed by atoms with Gasteiger partial charge in [-0.2, -0.15) is 0 Å². The normalized spacial score (nSPS) is 17.0. The highest BCUT2D eigenvalue weighted by Crippen LogP contribution is 2.50. The van der Waals surface area contributed by atoms with Gasteiger partial charge in [-0.05, 0) is 47.3 Å². The maximum atomic E-state index is 11.9. The summed E-state index contributed by atoms with van der Waals surface area (Å²) in [5, 5.41) is 9.74. The van der Waals surface area contributed by atoms with Crippen molar-refractivity contribution in [1.29, 1.82) is 0 Å². The van der Waals surface area contributed by atoms with E-state index in [2.05, 4.69) is 15.9 Å². The van der Waals surface area contributed by atoms with Gasteiger partial charge in [-0.1, -0.05) is 12.8 Å². The number of rotatable bonds is 4. The van der Waals surface area contributed by atoms with Crippen molar-refractivity contribution in [2.24, 2.45) is 0 Å². The molecule has 2 rings (SSSR count). The van der Waals surface area contributed by atoms with Crippen LogP contribution in [0.25, 0.3) is 0 Å². The Bertz CT molecular complexity index is 533. The van der Waals surface area contributed by atoms with Crippen LogP contribution < -0.4 is 9.47 Å². The van der Waals surface area contributed by atoms with Crippen LogP contribution in [0.1, 0.15) is 36.8 Å². The van der Waals surface area contributed by atoms with Crippen molar-refractivity contribution >= 4 is 21.9 Å². The van der Waals surface area contributed by atoms with Gasteiger partial charge in [0.2, 0.25) is 0 Å². The third-order valence-electron chi connectivity index (χ3n) is 4.15. The van der Waals surface area contributed by atoms with Gasteiger partial charge in [-0.25, -0.2) is 0 Å². The molecule has 0 heterocycles. The summed E-state index contributed by atoms with van der Waals surface area (Å²) in [5.41, 5.74) is 0.808. The lowest BCUT2D eigenvalue weighted by atomic mass is 9.78. The minimum absolute atomic E-state index is 0.566. The first-order valence-electron chi connectivity index (χ1n) is 6.63. The molecule has 4 nitrogen and oxygen atoms in total. The Morgan fingerprint density at radius 3 is 2.25 bits per heavy atom. The van der Waals surface area contributed by atoms with Gasteiger partial charge in [0.25, 0.3) is 0 Å². The smallest absolute Gasteiger partial charge is 0.314 e. The topological polar surface area (TPSA) is 55.8 Å². The zero-order chi connectivity index (χ0) is 14.9. The van der Waals surface area contributed by atoms with E-state index in [1.165, 1.54) is 0 Å². The molecule has 0 unspecified atom stereocenters. The minimum Gasteiger partial charge on any atom is -0.495 e. The van der Waals surface area contributed by atoms with Gasteiger partial charge in [0.15, 0.2) is 0 Å². The largest absolute Gasteiger partial charge is 0.495 e. The predicted molar refractivity (Wildman–Crippen MR) is 79.8 cm³/mol. The predicted octanol–water partition coefficient (Wildman–Crippen LogP) is 3.67. The summed E-state index contributed by atoms with van der Waals surface area (Å²) < 4.78 is 11.5. The Balaban J connectivity index is 2.70. The molecule has 1 saturated carbocycles. The summed E-state index contributed by atoms with van der Waals surface area (Å²) in [4.78, 5) is 11.9. The summed E-state index contributed by atoms with van der Waals surface area (Å²) in [6, 6.07) is 1.89. The molecule has 1 aliphatic carbocycles. The van der Waals surface area contributed by atoms with E-state index in [0.29, 0.717) is 28.8 Å². The van der Waals surface area contributed by atoms with Gasteiger partial charge < -0.3 is 14.6 Å². The van der Waals surface area contributed by atoms with E-state index >= 15 is 0 Å². The molecule has 0 amide bonds. The fourth-order valence-corrected chi connectivity index (χ4v) is 3.97. The molecule has 0 aliphatic heterocycles. The van der Waals surface area contributed by atoms with Crippen LogP contribution in [0.4, 0.5) is 0 Å². The zero-order valence-electron chi connectivity index (χ0n) is 12.0. The molecule has 20 heavy (non-hydrogen) atoms. The van der Waals surface area contributed by atoms with Gasteiger partial charge in [0.05, 0.1) is 19.6 Å². The molecule has 0 bridgehead atoms. The molecule has 1 N–H and O–H groups in total.